The summed E-state index contributed by atoms with van der Waals surface area (Å²) >= 11 is 1.55. The zero-order valence-corrected chi connectivity index (χ0v) is 17.7. The molecule has 0 saturated carbocycles. The first-order valence-electron chi connectivity index (χ1n) is 9.12. The molecule has 0 aliphatic rings. The maximum absolute atomic E-state index is 12.4. The van der Waals surface area contributed by atoms with Crippen molar-refractivity contribution in [3.63, 3.8) is 0 Å². The number of primary amides is 1. The topological polar surface area (TPSA) is 194 Å². The fourth-order valence-electron chi connectivity index (χ4n) is 2.24. The summed E-state index contributed by atoms with van der Waals surface area (Å²) in [5, 5.41) is 16.2. The molecule has 29 heavy (non-hydrogen) atoms. The Morgan fingerprint density at radius 2 is 1.66 bits per heavy atom. The molecule has 0 fully saturated rings. The fourth-order valence-corrected chi connectivity index (χ4v) is 2.73. The van der Waals surface area contributed by atoms with Crippen LogP contribution in [0.4, 0.5) is 0 Å². The lowest BCUT2D eigenvalue weighted by Crippen LogP contribution is -2.55. The highest BCUT2D eigenvalue weighted by atomic mass is 32.2. The van der Waals surface area contributed by atoms with E-state index >= 15 is 0 Å². The van der Waals surface area contributed by atoms with Crippen molar-refractivity contribution in [3.05, 3.63) is 0 Å². The maximum Gasteiger partial charge on any atom is 0.326 e. The van der Waals surface area contributed by atoms with E-state index in [2.05, 4.69) is 16.0 Å². The number of carbonyl (C=O) groups is 5. The molecule has 0 spiro atoms. The van der Waals surface area contributed by atoms with Crippen LogP contribution < -0.4 is 27.4 Å². The van der Waals surface area contributed by atoms with Crippen LogP contribution in [0.25, 0.3) is 0 Å². The van der Waals surface area contributed by atoms with Gasteiger partial charge in [-0.2, -0.15) is 11.8 Å². The van der Waals surface area contributed by atoms with E-state index in [1.165, 1.54) is 0 Å². The molecule has 11 nitrogen and oxygen atoms in total. The number of rotatable bonds is 14. The predicted octanol–water partition coefficient (Wildman–Crippen LogP) is -1.84. The van der Waals surface area contributed by atoms with Gasteiger partial charge in [0.1, 0.15) is 12.1 Å². The number of thioether (sulfide) groups is 1. The second kappa shape index (κ2) is 13.8. The largest absolute Gasteiger partial charge is 0.480 e. The minimum absolute atomic E-state index is 0.164. The molecule has 0 bridgehead atoms. The number of nitrogens with one attached hydrogen (secondary N) is 3. The molecule has 0 aliphatic heterocycles. The van der Waals surface area contributed by atoms with Gasteiger partial charge in [0, 0.05) is 6.42 Å². The third-order valence-electron chi connectivity index (χ3n) is 3.95. The molecule has 166 valence electrons. The lowest BCUT2D eigenvalue weighted by molar-refractivity contribution is -0.142. The van der Waals surface area contributed by atoms with Crippen molar-refractivity contribution in [3.8, 4) is 0 Å². The minimum Gasteiger partial charge on any atom is -0.480 e. The van der Waals surface area contributed by atoms with Crippen LogP contribution in [-0.2, 0) is 24.0 Å². The molecular weight excluding hydrogens is 402 g/mol. The van der Waals surface area contributed by atoms with Crippen LogP contribution in [-0.4, -0.2) is 71.4 Å². The first-order chi connectivity index (χ1) is 13.5. The molecule has 0 aromatic heterocycles. The van der Waals surface area contributed by atoms with Gasteiger partial charge in [0.2, 0.25) is 23.6 Å². The monoisotopic (exact) mass is 433 g/mol. The van der Waals surface area contributed by atoms with Crippen molar-refractivity contribution in [1.29, 1.82) is 0 Å². The standard InChI is InChI=1S/C17H31N5O6S/c1-9(2)14(22-15(25)10(18)6-7-29-3)16(26)20-8-13(24)21-11(17(27)28)4-5-12(19)23/h9-11,14H,4-8,18H2,1-3H3,(H2,19,23)(H,20,26)(H,21,24)(H,22,25)(H,27,28). The van der Waals surface area contributed by atoms with E-state index in [1.807, 2.05) is 6.26 Å². The molecule has 0 aromatic rings. The Morgan fingerprint density at radius 3 is 2.14 bits per heavy atom. The zero-order valence-electron chi connectivity index (χ0n) is 16.9. The van der Waals surface area contributed by atoms with Gasteiger partial charge >= 0.3 is 5.97 Å². The first-order valence-corrected chi connectivity index (χ1v) is 10.5. The highest BCUT2D eigenvalue weighted by Gasteiger charge is 2.27. The summed E-state index contributed by atoms with van der Waals surface area (Å²) in [6, 6.07) is -2.95. The second-order valence-electron chi connectivity index (χ2n) is 6.80. The minimum atomic E-state index is -1.32. The summed E-state index contributed by atoms with van der Waals surface area (Å²) in [7, 11) is 0. The molecule has 0 saturated heterocycles. The number of hydrogen-bond acceptors (Lipinski definition) is 7. The highest BCUT2D eigenvalue weighted by molar-refractivity contribution is 7.98. The van der Waals surface area contributed by atoms with Gasteiger partial charge in [-0.1, -0.05) is 13.8 Å². The van der Waals surface area contributed by atoms with E-state index in [0.29, 0.717) is 12.2 Å². The number of aliphatic carboxylic acids is 1. The van der Waals surface area contributed by atoms with Gasteiger partial charge in [0.25, 0.3) is 0 Å². The van der Waals surface area contributed by atoms with Crippen LogP contribution in [0.2, 0.25) is 0 Å². The number of carbonyl (C=O) groups excluding carboxylic acids is 4. The van der Waals surface area contributed by atoms with E-state index in [4.69, 9.17) is 16.6 Å². The molecule has 0 aromatic carbocycles. The van der Waals surface area contributed by atoms with Crippen molar-refractivity contribution < 1.29 is 29.1 Å². The van der Waals surface area contributed by atoms with Gasteiger partial charge in [-0.3, -0.25) is 19.2 Å². The maximum atomic E-state index is 12.4. The molecule has 0 heterocycles. The van der Waals surface area contributed by atoms with Crippen molar-refractivity contribution in [2.45, 2.75) is 51.2 Å². The Labute approximate surface area is 174 Å². The summed E-state index contributed by atoms with van der Waals surface area (Å²) in [6.07, 6.45) is 1.98. The van der Waals surface area contributed by atoms with Crippen LogP contribution in [0.3, 0.4) is 0 Å². The summed E-state index contributed by atoms with van der Waals surface area (Å²) < 4.78 is 0. The quantitative estimate of drug-likeness (QED) is 0.184. The molecule has 0 rings (SSSR count). The Morgan fingerprint density at radius 1 is 1.03 bits per heavy atom. The van der Waals surface area contributed by atoms with E-state index < -0.39 is 54.3 Å². The Kier molecular flexibility index (Phi) is 12.7. The Balaban J connectivity index is 4.70. The normalized spacial score (nSPS) is 13.8. The zero-order chi connectivity index (χ0) is 22.6. The second-order valence-corrected chi connectivity index (χ2v) is 7.78. The molecule has 12 heteroatoms. The molecule has 0 aliphatic carbocycles. The highest BCUT2D eigenvalue weighted by Crippen LogP contribution is 2.04. The molecule has 8 N–H and O–H groups in total. The average Bonchev–Trinajstić information content (AvgIpc) is 2.64. The van der Waals surface area contributed by atoms with Gasteiger partial charge in [0.05, 0.1) is 12.6 Å². The Bertz CT molecular complexity index is 601. The van der Waals surface area contributed by atoms with Crippen molar-refractivity contribution in [1.82, 2.24) is 16.0 Å². The lowest BCUT2D eigenvalue weighted by atomic mass is 10.0. The number of carboxylic acid groups (broad SMARTS) is 1. The van der Waals surface area contributed by atoms with Gasteiger partial charge in [-0.25, -0.2) is 4.79 Å². The first kappa shape index (κ1) is 26.7. The SMILES string of the molecule is CSCCC(N)C(=O)NC(C(=O)NCC(=O)NC(CCC(N)=O)C(=O)O)C(C)C. The van der Waals surface area contributed by atoms with Crippen LogP contribution >= 0.6 is 11.8 Å². The van der Waals surface area contributed by atoms with Gasteiger partial charge < -0.3 is 32.5 Å². The van der Waals surface area contributed by atoms with E-state index in [0.717, 1.165) is 0 Å². The predicted molar refractivity (Wildman–Crippen MR) is 109 cm³/mol. The smallest absolute Gasteiger partial charge is 0.326 e. The number of amides is 4. The van der Waals surface area contributed by atoms with Gasteiger partial charge in [-0.05, 0) is 30.8 Å². The number of carboxylic acids is 1. The summed E-state index contributed by atoms with van der Waals surface area (Å²) in [5.74, 6) is -3.38. The van der Waals surface area contributed by atoms with Crippen LogP contribution in [0.5, 0.6) is 0 Å². The number of hydrogen-bond donors (Lipinski definition) is 6. The van der Waals surface area contributed by atoms with Crippen LogP contribution in [0, 0.1) is 5.92 Å². The van der Waals surface area contributed by atoms with Crippen molar-refractivity contribution >= 4 is 41.4 Å². The van der Waals surface area contributed by atoms with Gasteiger partial charge in [-0.15, -0.1) is 0 Å². The number of nitrogens with two attached hydrogens (primary N) is 2. The summed E-state index contributed by atoms with van der Waals surface area (Å²) in [6.45, 7) is 2.96. The van der Waals surface area contributed by atoms with Crippen molar-refractivity contribution in [2.24, 2.45) is 17.4 Å². The molecule has 0 radical (unpaired) electrons. The lowest BCUT2D eigenvalue weighted by Gasteiger charge is -2.23. The van der Waals surface area contributed by atoms with E-state index in [-0.39, 0.29) is 18.8 Å². The molecule has 4 amide bonds. The third-order valence-corrected chi connectivity index (χ3v) is 4.60. The fraction of sp³-hybridized carbons (Fsp3) is 0.706. The summed E-state index contributed by atoms with van der Waals surface area (Å²) in [4.78, 5) is 58.4. The average molecular weight is 434 g/mol. The van der Waals surface area contributed by atoms with E-state index in [1.54, 1.807) is 25.6 Å². The van der Waals surface area contributed by atoms with Gasteiger partial charge in [0.15, 0.2) is 0 Å². The summed E-state index contributed by atoms with van der Waals surface area (Å²) in [5.41, 5.74) is 10.8. The van der Waals surface area contributed by atoms with Crippen LogP contribution in [0.1, 0.15) is 33.1 Å². The Hall–Kier alpha value is -2.34. The molecule has 3 atom stereocenters. The third kappa shape index (κ3) is 11.3. The molecule has 3 unspecified atom stereocenters. The van der Waals surface area contributed by atoms with E-state index in [9.17, 15) is 24.0 Å². The van der Waals surface area contributed by atoms with Crippen LogP contribution in [0.15, 0.2) is 0 Å². The molecular formula is C17H31N5O6S. The van der Waals surface area contributed by atoms with Crippen molar-refractivity contribution in [2.75, 3.05) is 18.6 Å².